The molecule has 1 heterocycles. The van der Waals surface area contributed by atoms with Gasteiger partial charge in [-0.3, -0.25) is 4.98 Å². The Bertz CT molecular complexity index is 572. The molecule has 0 spiro atoms. The van der Waals surface area contributed by atoms with Crippen LogP contribution in [0.3, 0.4) is 0 Å². The quantitative estimate of drug-likeness (QED) is 0.789. The monoisotopic (exact) mass is 278 g/mol. The second kappa shape index (κ2) is 6.02. The van der Waals surface area contributed by atoms with Crippen molar-refractivity contribution in [3.8, 4) is 0 Å². The van der Waals surface area contributed by atoms with Crippen molar-refractivity contribution in [3.05, 3.63) is 59.2 Å². The molecule has 1 aromatic heterocycles. The molecule has 0 amide bonds. The summed E-state index contributed by atoms with van der Waals surface area (Å²) in [6.45, 7) is 2.57. The maximum Gasteiger partial charge on any atom is 0.123 e. The van der Waals surface area contributed by atoms with E-state index in [1.165, 1.54) is 6.07 Å². The molecule has 0 saturated carbocycles. The van der Waals surface area contributed by atoms with Gasteiger partial charge in [-0.25, -0.2) is 4.39 Å². The zero-order valence-electron chi connectivity index (χ0n) is 11.0. The zero-order valence-corrected chi connectivity index (χ0v) is 11.8. The number of aryl methyl sites for hydroxylation is 1. The van der Waals surface area contributed by atoms with Gasteiger partial charge in [0.25, 0.3) is 0 Å². The molecule has 0 aliphatic carbocycles. The number of benzene rings is 1. The number of pyridine rings is 1. The van der Waals surface area contributed by atoms with E-state index in [-0.39, 0.29) is 5.82 Å². The van der Waals surface area contributed by atoms with Crippen LogP contribution in [0.25, 0.3) is 0 Å². The summed E-state index contributed by atoms with van der Waals surface area (Å²) < 4.78 is 13.2. The Balaban J connectivity index is 2.24. The molecule has 0 fully saturated rings. The Labute approximate surface area is 117 Å². The Morgan fingerprint density at radius 2 is 2.11 bits per heavy atom. The molecule has 1 aromatic carbocycles. The van der Waals surface area contributed by atoms with E-state index in [0.29, 0.717) is 12.4 Å². The Morgan fingerprint density at radius 1 is 1.32 bits per heavy atom. The second-order valence-electron chi connectivity index (χ2n) is 4.57. The van der Waals surface area contributed by atoms with Gasteiger partial charge in [0.1, 0.15) is 5.82 Å². The Morgan fingerprint density at radius 3 is 2.79 bits per heavy atom. The maximum atomic E-state index is 13.2. The molecule has 4 heteroatoms. The third-order valence-corrected chi connectivity index (χ3v) is 3.25. The van der Waals surface area contributed by atoms with Crippen molar-refractivity contribution in [1.82, 2.24) is 4.98 Å². The molecule has 2 rings (SSSR count). The van der Waals surface area contributed by atoms with Crippen molar-refractivity contribution in [3.63, 3.8) is 0 Å². The topological polar surface area (TPSA) is 16.1 Å². The van der Waals surface area contributed by atoms with Gasteiger partial charge in [-0.05, 0) is 30.7 Å². The zero-order chi connectivity index (χ0) is 13.8. The van der Waals surface area contributed by atoms with Crippen molar-refractivity contribution >= 4 is 17.3 Å². The molecule has 0 aliphatic rings. The van der Waals surface area contributed by atoms with Crippen molar-refractivity contribution in [2.75, 3.05) is 11.9 Å². The summed E-state index contributed by atoms with van der Waals surface area (Å²) in [5, 5.41) is 0. The first-order valence-corrected chi connectivity index (χ1v) is 6.60. The Hall–Kier alpha value is -1.61. The maximum absolute atomic E-state index is 13.2. The van der Waals surface area contributed by atoms with E-state index >= 15 is 0 Å². The molecular weight excluding hydrogens is 263 g/mol. The van der Waals surface area contributed by atoms with Crippen molar-refractivity contribution in [2.24, 2.45) is 0 Å². The highest BCUT2D eigenvalue weighted by Gasteiger charge is 2.09. The largest absolute Gasteiger partial charge is 0.370 e. The van der Waals surface area contributed by atoms with Gasteiger partial charge in [0.05, 0.1) is 5.88 Å². The fourth-order valence-electron chi connectivity index (χ4n) is 2.03. The number of nitrogens with zero attached hydrogens (tertiary/aromatic N) is 2. The molecule has 2 aromatic rings. The van der Waals surface area contributed by atoms with Crippen LogP contribution in [0.5, 0.6) is 0 Å². The van der Waals surface area contributed by atoms with Crippen LogP contribution < -0.4 is 4.90 Å². The fraction of sp³-hybridized carbons (Fsp3) is 0.267. The first-order valence-electron chi connectivity index (χ1n) is 6.07. The van der Waals surface area contributed by atoms with Crippen LogP contribution in [-0.4, -0.2) is 12.0 Å². The summed E-state index contributed by atoms with van der Waals surface area (Å²) in [5.41, 5.74) is 3.88. The first-order chi connectivity index (χ1) is 9.10. The van der Waals surface area contributed by atoms with Crippen LogP contribution in [0.4, 0.5) is 10.1 Å². The molecule has 2 nitrogen and oxygen atoms in total. The van der Waals surface area contributed by atoms with Crippen LogP contribution in [0.1, 0.15) is 16.8 Å². The minimum Gasteiger partial charge on any atom is -0.370 e. The molecule has 0 N–H and O–H groups in total. The minimum absolute atomic E-state index is 0.214. The second-order valence-corrected chi connectivity index (χ2v) is 4.84. The summed E-state index contributed by atoms with van der Waals surface area (Å²) >= 11 is 5.93. The number of anilines is 1. The van der Waals surface area contributed by atoms with Crippen molar-refractivity contribution in [2.45, 2.75) is 19.3 Å². The standard InChI is InChI=1S/C15H16ClFN2/c1-11-6-15(13(8-16)9-18-11)19(2)10-12-4-3-5-14(17)7-12/h3-7,9H,8,10H2,1-2H3. The molecular formula is C15H16ClFN2. The summed E-state index contributed by atoms with van der Waals surface area (Å²) in [6.07, 6.45) is 1.79. The van der Waals surface area contributed by atoms with Crippen molar-refractivity contribution < 1.29 is 4.39 Å². The van der Waals surface area contributed by atoms with Crippen molar-refractivity contribution in [1.29, 1.82) is 0 Å². The van der Waals surface area contributed by atoms with Crippen LogP contribution in [0.15, 0.2) is 36.5 Å². The van der Waals surface area contributed by atoms with E-state index in [1.54, 1.807) is 18.3 Å². The summed E-state index contributed by atoms with van der Waals surface area (Å²) in [4.78, 5) is 6.30. The van der Waals surface area contributed by atoms with E-state index in [2.05, 4.69) is 9.88 Å². The van der Waals surface area contributed by atoms with Gasteiger partial charge in [0.15, 0.2) is 0 Å². The normalized spacial score (nSPS) is 10.5. The van der Waals surface area contributed by atoms with Gasteiger partial charge in [-0.1, -0.05) is 12.1 Å². The lowest BCUT2D eigenvalue weighted by Gasteiger charge is -2.22. The van der Waals surface area contributed by atoms with Gasteiger partial charge in [-0.15, -0.1) is 11.6 Å². The lowest BCUT2D eigenvalue weighted by atomic mass is 10.1. The highest BCUT2D eigenvalue weighted by molar-refractivity contribution is 6.17. The van der Waals surface area contributed by atoms with Gasteiger partial charge < -0.3 is 4.90 Å². The SMILES string of the molecule is Cc1cc(N(C)Cc2cccc(F)c2)c(CCl)cn1. The molecule has 0 saturated heterocycles. The molecule has 0 atom stereocenters. The fourth-order valence-corrected chi connectivity index (χ4v) is 2.23. The number of rotatable bonds is 4. The molecule has 19 heavy (non-hydrogen) atoms. The molecule has 0 aliphatic heterocycles. The number of alkyl halides is 1. The Kier molecular flexibility index (Phi) is 4.38. The molecule has 0 unspecified atom stereocenters. The lowest BCUT2D eigenvalue weighted by Crippen LogP contribution is -2.18. The van der Waals surface area contributed by atoms with Gasteiger partial charge in [-0.2, -0.15) is 0 Å². The van der Waals surface area contributed by atoms with E-state index in [1.807, 2.05) is 26.1 Å². The predicted octanol–water partition coefficient (Wildman–Crippen LogP) is 3.90. The number of hydrogen-bond donors (Lipinski definition) is 0. The van der Waals surface area contributed by atoms with Crippen LogP contribution >= 0.6 is 11.6 Å². The average Bonchev–Trinajstić information content (AvgIpc) is 2.38. The number of halogens is 2. The van der Waals surface area contributed by atoms with E-state index < -0.39 is 0 Å². The average molecular weight is 279 g/mol. The smallest absolute Gasteiger partial charge is 0.123 e. The highest BCUT2D eigenvalue weighted by atomic mass is 35.5. The number of aromatic nitrogens is 1. The summed E-state index contributed by atoms with van der Waals surface area (Å²) in [5.74, 6) is 0.199. The third-order valence-electron chi connectivity index (χ3n) is 2.96. The van der Waals surface area contributed by atoms with Crippen LogP contribution in [-0.2, 0) is 12.4 Å². The van der Waals surface area contributed by atoms with E-state index in [9.17, 15) is 4.39 Å². The molecule has 0 bridgehead atoms. The highest BCUT2D eigenvalue weighted by Crippen LogP contribution is 2.23. The van der Waals surface area contributed by atoms with E-state index in [4.69, 9.17) is 11.6 Å². The minimum atomic E-state index is -0.214. The van der Waals surface area contributed by atoms with Crippen LogP contribution in [0, 0.1) is 12.7 Å². The summed E-state index contributed by atoms with van der Waals surface area (Å²) in [6, 6.07) is 8.62. The first kappa shape index (κ1) is 13.8. The predicted molar refractivity (Wildman–Crippen MR) is 77.0 cm³/mol. The lowest BCUT2D eigenvalue weighted by molar-refractivity contribution is 0.625. The molecule has 100 valence electrons. The van der Waals surface area contributed by atoms with Gasteiger partial charge in [0, 0.05) is 36.7 Å². The number of hydrogen-bond acceptors (Lipinski definition) is 2. The van der Waals surface area contributed by atoms with Gasteiger partial charge >= 0.3 is 0 Å². The van der Waals surface area contributed by atoms with Crippen LogP contribution in [0.2, 0.25) is 0 Å². The van der Waals surface area contributed by atoms with Gasteiger partial charge in [0.2, 0.25) is 0 Å². The molecule has 0 radical (unpaired) electrons. The van der Waals surface area contributed by atoms with E-state index in [0.717, 1.165) is 22.5 Å². The summed E-state index contributed by atoms with van der Waals surface area (Å²) in [7, 11) is 1.97. The third kappa shape index (κ3) is 3.44.